The van der Waals surface area contributed by atoms with Crippen LogP contribution in [-0.2, 0) is 4.74 Å². The Morgan fingerprint density at radius 3 is 1.76 bits per heavy atom. The Hall–Kier alpha value is -3.26. The van der Waals surface area contributed by atoms with E-state index in [-0.39, 0.29) is 12.4 Å². The summed E-state index contributed by atoms with van der Waals surface area (Å²) >= 11 is 4.24. The number of hydrogen-bond donors (Lipinski definition) is 0. The van der Waals surface area contributed by atoms with Gasteiger partial charge in [0.15, 0.2) is 0 Å². The third-order valence-corrected chi connectivity index (χ3v) is 8.86. The molecule has 0 atom stereocenters. The molecule has 184 valence electrons. The fourth-order valence-corrected chi connectivity index (χ4v) is 6.85. The van der Waals surface area contributed by atoms with Gasteiger partial charge < -0.3 is 4.74 Å². The second-order valence-electron chi connectivity index (χ2n) is 7.88. The minimum atomic E-state index is -0.476. The van der Waals surface area contributed by atoms with Gasteiger partial charge >= 0.3 is 5.97 Å². The Morgan fingerprint density at radius 2 is 1.24 bits per heavy atom. The molecule has 0 N–H and O–H groups in total. The summed E-state index contributed by atoms with van der Waals surface area (Å²) in [6.45, 7) is 2.00. The standard InChI is InChI=1S/C30H22FNO2S3/c1-2-34-30(33)24-19-32-26-23(27(24)35-20-12-6-3-7-13-20)18-25(31)28(36-21-14-8-4-9-15-21)29(26)37-22-16-10-5-11-17-22/h3-19H,2H2,1H3. The van der Waals surface area contributed by atoms with Gasteiger partial charge in [0.1, 0.15) is 5.82 Å². The molecule has 5 rings (SSSR count). The second-order valence-corrected chi connectivity index (χ2v) is 11.1. The summed E-state index contributed by atoms with van der Waals surface area (Å²) in [5.41, 5.74) is 0.960. The Kier molecular flexibility index (Phi) is 8.14. The zero-order chi connectivity index (χ0) is 25.6. The van der Waals surface area contributed by atoms with Crippen LogP contribution in [0.15, 0.2) is 133 Å². The molecule has 0 aliphatic heterocycles. The quantitative estimate of drug-likeness (QED) is 0.182. The van der Waals surface area contributed by atoms with Crippen LogP contribution in [0.1, 0.15) is 17.3 Å². The van der Waals surface area contributed by atoms with Gasteiger partial charge in [-0.15, -0.1) is 0 Å². The Bertz CT molecular complexity index is 1530. The lowest BCUT2D eigenvalue weighted by Crippen LogP contribution is -2.08. The summed E-state index contributed by atoms with van der Waals surface area (Å²) in [4.78, 5) is 22.3. The number of rotatable bonds is 8. The van der Waals surface area contributed by atoms with Crippen LogP contribution >= 0.6 is 35.3 Å². The van der Waals surface area contributed by atoms with E-state index in [0.29, 0.717) is 31.2 Å². The number of fused-ring (bicyclic) bond motifs is 1. The summed E-state index contributed by atoms with van der Waals surface area (Å²) in [6.07, 6.45) is 1.55. The third-order valence-electron chi connectivity index (χ3n) is 5.36. The van der Waals surface area contributed by atoms with Gasteiger partial charge in [-0.1, -0.05) is 89.9 Å². The third kappa shape index (κ3) is 5.85. The first-order valence-corrected chi connectivity index (χ1v) is 14.1. The lowest BCUT2D eigenvalue weighted by molar-refractivity contribution is 0.0522. The van der Waals surface area contributed by atoms with Gasteiger partial charge in [-0.3, -0.25) is 4.98 Å². The van der Waals surface area contributed by atoms with E-state index in [0.717, 1.165) is 14.7 Å². The predicted octanol–water partition coefficient (Wildman–Crippen LogP) is 9.00. The van der Waals surface area contributed by atoms with Crippen LogP contribution in [0.3, 0.4) is 0 Å². The number of esters is 1. The van der Waals surface area contributed by atoms with E-state index in [1.54, 1.807) is 13.1 Å². The Labute approximate surface area is 227 Å². The number of benzene rings is 4. The Morgan fingerprint density at radius 1 is 0.757 bits per heavy atom. The van der Waals surface area contributed by atoms with Gasteiger partial charge in [0.2, 0.25) is 0 Å². The molecule has 3 nitrogen and oxygen atoms in total. The molecule has 0 fully saturated rings. The molecule has 1 aromatic heterocycles. The summed E-state index contributed by atoms with van der Waals surface area (Å²) in [5.74, 6) is -0.840. The van der Waals surface area contributed by atoms with Crippen molar-refractivity contribution < 1.29 is 13.9 Å². The number of pyridine rings is 1. The average molecular weight is 544 g/mol. The molecular formula is C30H22FNO2S3. The molecule has 0 spiro atoms. The number of carbonyl (C=O) groups excluding carboxylic acids is 1. The van der Waals surface area contributed by atoms with Gasteiger partial charge in [0, 0.05) is 31.2 Å². The van der Waals surface area contributed by atoms with E-state index >= 15 is 4.39 Å². The molecule has 4 aromatic carbocycles. The molecule has 0 saturated carbocycles. The van der Waals surface area contributed by atoms with E-state index in [9.17, 15) is 4.79 Å². The van der Waals surface area contributed by atoms with Crippen molar-refractivity contribution >= 4 is 52.2 Å². The normalized spacial score (nSPS) is 11.0. The number of halogens is 1. The monoisotopic (exact) mass is 543 g/mol. The highest BCUT2D eigenvalue weighted by Crippen LogP contribution is 2.46. The van der Waals surface area contributed by atoms with Crippen LogP contribution in [0.4, 0.5) is 4.39 Å². The molecule has 1 heterocycles. The molecule has 0 unspecified atom stereocenters. The fourth-order valence-electron chi connectivity index (χ4n) is 3.71. The SMILES string of the molecule is CCOC(=O)c1cnc2c(Sc3ccccc3)c(Sc3ccccc3)c(F)cc2c1Sc1ccccc1. The smallest absolute Gasteiger partial charge is 0.340 e. The van der Waals surface area contributed by atoms with Crippen molar-refractivity contribution in [2.75, 3.05) is 6.61 Å². The van der Waals surface area contributed by atoms with Crippen LogP contribution in [0.2, 0.25) is 0 Å². The summed E-state index contributed by atoms with van der Waals surface area (Å²) in [7, 11) is 0. The number of aromatic nitrogens is 1. The van der Waals surface area contributed by atoms with Crippen molar-refractivity contribution in [2.45, 2.75) is 36.3 Å². The molecule has 0 radical (unpaired) electrons. The first-order chi connectivity index (χ1) is 18.1. The highest BCUT2D eigenvalue weighted by Gasteiger charge is 2.24. The zero-order valence-corrected chi connectivity index (χ0v) is 22.3. The maximum atomic E-state index is 16.0. The summed E-state index contributed by atoms with van der Waals surface area (Å²) in [5, 5.41) is 0.577. The van der Waals surface area contributed by atoms with E-state index in [1.807, 2.05) is 91.0 Å². The Balaban J connectivity index is 1.74. The maximum absolute atomic E-state index is 16.0. The number of hydrogen-bond acceptors (Lipinski definition) is 6. The molecule has 0 amide bonds. The van der Waals surface area contributed by atoms with E-state index in [2.05, 4.69) is 0 Å². The number of carbonyl (C=O) groups is 1. The molecular weight excluding hydrogens is 522 g/mol. The van der Waals surface area contributed by atoms with Crippen LogP contribution in [0.5, 0.6) is 0 Å². The van der Waals surface area contributed by atoms with E-state index < -0.39 is 5.97 Å². The van der Waals surface area contributed by atoms with Gasteiger partial charge in [-0.05, 0) is 49.4 Å². The summed E-state index contributed by atoms with van der Waals surface area (Å²) in [6, 6.07) is 30.8. The first-order valence-electron chi connectivity index (χ1n) is 11.6. The van der Waals surface area contributed by atoms with Crippen molar-refractivity contribution in [3.8, 4) is 0 Å². The van der Waals surface area contributed by atoms with Crippen LogP contribution in [0, 0.1) is 5.82 Å². The number of nitrogens with zero attached hydrogens (tertiary/aromatic N) is 1. The van der Waals surface area contributed by atoms with Gasteiger partial charge in [-0.2, -0.15) is 0 Å². The van der Waals surface area contributed by atoms with Crippen LogP contribution < -0.4 is 0 Å². The highest BCUT2D eigenvalue weighted by molar-refractivity contribution is 8.02. The molecule has 0 saturated heterocycles. The first kappa shape index (κ1) is 25.4. The van der Waals surface area contributed by atoms with Gasteiger partial charge in [-0.25, -0.2) is 9.18 Å². The minimum Gasteiger partial charge on any atom is -0.462 e. The van der Waals surface area contributed by atoms with Crippen LogP contribution in [-0.4, -0.2) is 17.6 Å². The van der Waals surface area contributed by atoms with E-state index in [4.69, 9.17) is 9.72 Å². The van der Waals surface area contributed by atoms with Crippen molar-refractivity contribution in [2.24, 2.45) is 0 Å². The lowest BCUT2D eigenvalue weighted by Gasteiger charge is -2.17. The van der Waals surface area contributed by atoms with Crippen molar-refractivity contribution in [1.82, 2.24) is 4.98 Å². The molecule has 5 aromatic rings. The fraction of sp³-hybridized carbons (Fsp3) is 0.0667. The average Bonchev–Trinajstić information content (AvgIpc) is 2.93. The molecule has 37 heavy (non-hydrogen) atoms. The molecule has 0 aliphatic carbocycles. The van der Waals surface area contributed by atoms with Crippen molar-refractivity contribution in [3.63, 3.8) is 0 Å². The van der Waals surface area contributed by atoms with Gasteiger partial charge in [0.25, 0.3) is 0 Å². The zero-order valence-electron chi connectivity index (χ0n) is 19.9. The minimum absolute atomic E-state index is 0.239. The lowest BCUT2D eigenvalue weighted by atomic mass is 10.1. The predicted molar refractivity (Wildman–Crippen MR) is 149 cm³/mol. The molecule has 0 bridgehead atoms. The van der Waals surface area contributed by atoms with Crippen molar-refractivity contribution in [1.29, 1.82) is 0 Å². The maximum Gasteiger partial charge on any atom is 0.340 e. The van der Waals surface area contributed by atoms with E-state index in [1.165, 1.54) is 41.4 Å². The number of ether oxygens (including phenoxy) is 1. The van der Waals surface area contributed by atoms with Gasteiger partial charge in [0.05, 0.1) is 27.5 Å². The summed E-state index contributed by atoms with van der Waals surface area (Å²) < 4.78 is 21.3. The second kappa shape index (κ2) is 11.9. The molecule has 7 heteroatoms. The van der Waals surface area contributed by atoms with Crippen molar-refractivity contribution in [3.05, 3.63) is 115 Å². The largest absolute Gasteiger partial charge is 0.462 e. The topological polar surface area (TPSA) is 39.2 Å². The molecule has 0 aliphatic rings. The highest BCUT2D eigenvalue weighted by atomic mass is 32.2. The van der Waals surface area contributed by atoms with Crippen LogP contribution in [0.25, 0.3) is 10.9 Å².